The van der Waals surface area contributed by atoms with Crippen molar-refractivity contribution in [3.63, 3.8) is 0 Å². The van der Waals surface area contributed by atoms with E-state index in [1.54, 1.807) is 24.5 Å². The molecule has 8 nitrogen and oxygen atoms in total. The van der Waals surface area contributed by atoms with Crippen LogP contribution >= 0.6 is 11.6 Å². The Balaban J connectivity index is 1.54. The molecule has 3 N–H and O–H groups in total. The standard InChI is InChI=1S/C24H26ClN7O/c1-4-31(5-2)21-20-22(30-24(25)29-21)32(14-27-20)13-16-7-9-17(10-8-16)23(33)28-19-11-6-15(3)12-18(19)26/h6-12,14H,4-5,13,26H2,1-3H3,(H,28,33). The SMILES string of the molecule is CCN(CC)c1nc(Cl)nc2c1ncn2Cc1ccc(C(=O)Nc2ccc(C)cc2N)cc1. The summed E-state index contributed by atoms with van der Waals surface area (Å²) in [5.74, 6) is 0.518. The maximum Gasteiger partial charge on any atom is 0.255 e. The van der Waals surface area contributed by atoms with E-state index in [4.69, 9.17) is 17.3 Å². The Hall–Kier alpha value is -3.65. The lowest BCUT2D eigenvalue weighted by Crippen LogP contribution is -2.23. The molecule has 9 heteroatoms. The van der Waals surface area contributed by atoms with Crippen LogP contribution in [0.3, 0.4) is 0 Å². The molecule has 0 atom stereocenters. The summed E-state index contributed by atoms with van der Waals surface area (Å²) in [4.78, 5) is 28.1. The van der Waals surface area contributed by atoms with Gasteiger partial charge in [-0.2, -0.15) is 9.97 Å². The van der Waals surface area contributed by atoms with E-state index in [1.165, 1.54) is 0 Å². The number of amides is 1. The van der Waals surface area contributed by atoms with Gasteiger partial charge in [0.05, 0.1) is 24.2 Å². The van der Waals surface area contributed by atoms with Crippen LogP contribution in [0.25, 0.3) is 11.2 Å². The van der Waals surface area contributed by atoms with Crippen molar-refractivity contribution >= 4 is 45.9 Å². The molecule has 0 saturated carbocycles. The molecule has 2 aromatic heterocycles. The highest BCUT2D eigenvalue weighted by Crippen LogP contribution is 2.25. The van der Waals surface area contributed by atoms with Gasteiger partial charge in [-0.15, -0.1) is 0 Å². The lowest BCUT2D eigenvalue weighted by Gasteiger charge is -2.19. The number of imidazole rings is 1. The van der Waals surface area contributed by atoms with Crippen molar-refractivity contribution in [1.29, 1.82) is 0 Å². The fourth-order valence-electron chi connectivity index (χ4n) is 3.71. The first kappa shape index (κ1) is 22.5. The maximum atomic E-state index is 12.6. The minimum Gasteiger partial charge on any atom is -0.397 e. The Morgan fingerprint density at radius 2 is 1.85 bits per heavy atom. The van der Waals surface area contributed by atoms with Crippen molar-refractivity contribution in [2.24, 2.45) is 0 Å². The molecule has 4 aromatic rings. The number of rotatable bonds is 7. The molecule has 0 saturated heterocycles. The number of nitrogen functional groups attached to an aromatic ring is 1. The third kappa shape index (κ3) is 4.75. The zero-order chi connectivity index (χ0) is 23.5. The monoisotopic (exact) mass is 463 g/mol. The second-order valence-corrected chi connectivity index (χ2v) is 8.11. The quantitative estimate of drug-likeness (QED) is 0.308. The summed E-state index contributed by atoms with van der Waals surface area (Å²) in [6.07, 6.45) is 1.74. The Morgan fingerprint density at radius 3 is 2.52 bits per heavy atom. The fourth-order valence-corrected chi connectivity index (χ4v) is 3.87. The third-order valence-corrected chi connectivity index (χ3v) is 5.67. The van der Waals surface area contributed by atoms with E-state index >= 15 is 0 Å². The van der Waals surface area contributed by atoms with Crippen LogP contribution in [0.5, 0.6) is 0 Å². The number of aryl methyl sites for hydroxylation is 1. The number of carbonyl (C=O) groups excluding carboxylic acids is 1. The lowest BCUT2D eigenvalue weighted by atomic mass is 10.1. The molecule has 2 aromatic carbocycles. The third-order valence-electron chi connectivity index (χ3n) is 5.51. The summed E-state index contributed by atoms with van der Waals surface area (Å²) < 4.78 is 1.93. The predicted molar refractivity (Wildman–Crippen MR) is 133 cm³/mol. The van der Waals surface area contributed by atoms with Gasteiger partial charge in [-0.3, -0.25) is 4.79 Å². The molecule has 0 fully saturated rings. The number of halogens is 1. The van der Waals surface area contributed by atoms with Crippen LogP contribution in [-0.2, 0) is 6.54 Å². The molecule has 0 spiro atoms. The van der Waals surface area contributed by atoms with Gasteiger partial charge in [-0.05, 0) is 67.8 Å². The summed E-state index contributed by atoms with van der Waals surface area (Å²) in [5.41, 5.74) is 11.1. The van der Waals surface area contributed by atoms with Gasteiger partial charge >= 0.3 is 0 Å². The largest absolute Gasteiger partial charge is 0.397 e. The average molecular weight is 464 g/mol. The summed E-state index contributed by atoms with van der Waals surface area (Å²) in [6.45, 7) is 8.20. The molecule has 170 valence electrons. The molecule has 0 aliphatic rings. The van der Waals surface area contributed by atoms with Crippen molar-refractivity contribution < 1.29 is 4.79 Å². The van der Waals surface area contributed by atoms with E-state index in [1.807, 2.05) is 35.8 Å². The molecular weight excluding hydrogens is 438 g/mol. The lowest BCUT2D eigenvalue weighted by molar-refractivity contribution is 0.102. The number of nitrogens with zero attached hydrogens (tertiary/aromatic N) is 5. The van der Waals surface area contributed by atoms with Crippen molar-refractivity contribution in [3.05, 3.63) is 70.8 Å². The van der Waals surface area contributed by atoms with E-state index in [9.17, 15) is 4.79 Å². The molecule has 0 aliphatic carbocycles. The Kier molecular flexibility index (Phi) is 6.46. The molecule has 0 radical (unpaired) electrons. The first-order valence-corrected chi connectivity index (χ1v) is 11.2. The van der Waals surface area contributed by atoms with Crippen molar-refractivity contribution in [2.45, 2.75) is 27.3 Å². The highest BCUT2D eigenvalue weighted by atomic mass is 35.5. The summed E-state index contributed by atoms with van der Waals surface area (Å²) in [7, 11) is 0. The maximum absolute atomic E-state index is 12.6. The Morgan fingerprint density at radius 1 is 1.12 bits per heavy atom. The normalized spacial score (nSPS) is 11.0. The molecule has 1 amide bonds. The molecule has 2 heterocycles. The molecule has 0 aliphatic heterocycles. The molecule has 4 rings (SSSR count). The van der Waals surface area contributed by atoms with Gasteiger partial charge in [0, 0.05) is 18.7 Å². The van der Waals surface area contributed by atoms with Crippen LogP contribution in [-0.4, -0.2) is 38.5 Å². The second kappa shape index (κ2) is 9.46. The second-order valence-electron chi connectivity index (χ2n) is 7.77. The summed E-state index contributed by atoms with van der Waals surface area (Å²) in [5, 5.41) is 3.05. The Bertz CT molecular complexity index is 1300. The van der Waals surface area contributed by atoms with E-state index in [0.29, 0.717) is 29.1 Å². The van der Waals surface area contributed by atoms with Crippen LogP contribution < -0.4 is 16.0 Å². The van der Waals surface area contributed by atoms with E-state index < -0.39 is 0 Å². The van der Waals surface area contributed by atoms with Gasteiger partial charge in [-0.1, -0.05) is 18.2 Å². The topological polar surface area (TPSA) is 102 Å². The number of hydrogen-bond acceptors (Lipinski definition) is 6. The average Bonchev–Trinajstić information content (AvgIpc) is 3.19. The van der Waals surface area contributed by atoms with E-state index in [-0.39, 0.29) is 11.2 Å². The highest BCUT2D eigenvalue weighted by Gasteiger charge is 2.17. The molecular formula is C24H26ClN7O. The number of fused-ring (bicyclic) bond motifs is 1. The van der Waals surface area contributed by atoms with E-state index in [0.717, 1.165) is 35.6 Å². The zero-order valence-corrected chi connectivity index (χ0v) is 19.6. The van der Waals surface area contributed by atoms with Gasteiger partial charge in [0.15, 0.2) is 17.0 Å². The number of nitrogens with two attached hydrogens (primary N) is 1. The number of anilines is 3. The van der Waals surface area contributed by atoms with Gasteiger partial charge < -0.3 is 20.5 Å². The van der Waals surface area contributed by atoms with Gasteiger partial charge in [0.1, 0.15) is 0 Å². The number of hydrogen-bond donors (Lipinski definition) is 2. The first-order valence-electron chi connectivity index (χ1n) is 10.8. The van der Waals surface area contributed by atoms with Crippen LogP contribution in [0.15, 0.2) is 48.8 Å². The van der Waals surface area contributed by atoms with Gasteiger partial charge in [-0.25, -0.2) is 4.98 Å². The summed E-state index contributed by atoms with van der Waals surface area (Å²) in [6, 6.07) is 12.9. The smallest absolute Gasteiger partial charge is 0.255 e. The van der Waals surface area contributed by atoms with Crippen molar-refractivity contribution in [3.8, 4) is 0 Å². The molecule has 0 unspecified atom stereocenters. The number of carbonyl (C=O) groups is 1. The number of aromatic nitrogens is 4. The fraction of sp³-hybridized carbons (Fsp3) is 0.250. The van der Waals surface area contributed by atoms with E-state index in [2.05, 4.69) is 39.0 Å². The van der Waals surface area contributed by atoms with Crippen LogP contribution in [0.4, 0.5) is 17.2 Å². The number of nitrogens with one attached hydrogen (secondary N) is 1. The molecule has 0 bridgehead atoms. The first-order chi connectivity index (χ1) is 15.9. The van der Waals surface area contributed by atoms with Crippen LogP contribution in [0.1, 0.15) is 35.3 Å². The summed E-state index contributed by atoms with van der Waals surface area (Å²) >= 11 is 6.21. The van der Waals surface area contributed by atoms with Crippen LogP contribution in [0, 0.1) is 6.92 Å². The van der Waals surface area contributed by atoms with Gasteiger partial charge in [0.2, 0.25) is 5.28 Å². The minimum absolute atomic E-state index is 0.188. The van der Waals surface area contributed by atoms with Gasteiger partial charge in [0.25, 0.3) is 5.91 Å². The molecule has 33 heavy (non-hydrogen) atoms. The Labute approximate surface area is 197 Å². The minimum atomic E-state index is -0.214. The highest BCUT2D eigenvalue weighted by molar-refractivity contribution is 6.28. The predicted octanol–water partition coefficient (Wildman–Crippen LogP) is 4.52. The van der Waals surface area contributed by atoms with Crippen molar-refractivity contribution in [1.82, 2.24) is 19.5 Å². The van der Waals surface area contributed by atoms with Crippen molar-refractivity contribution in [2.75, 3.05) is 29.0 Å². The zero-order valence-electron chi connectivity index (χ0n) is 18.8. The van der Waals surface area contributed by atoms with Crippen LogP contribution in [0.2, 0.25) is 5.28 Å². The number of benzene rings is 2.